The monoisotopic (exact) mass is 296 g/mol. The second kappa shape index (κ2) is 5.14. The van der Waals surface area contributed by atoms with Crippen molar-refractivity contribution in [2.24, 2.45) is 10.8 Å². The lowest BCUT2D eigenvalue weighted by molar-refractivity contribution is 0.392. The molecule has 1 aromatic carbocycles. The fourth-order valence-corrected chi connectivity index (χ4v) is 2.48. The molecule has 1 aromatic rings. The SMILES string of the molecule is CC(C)(C)Cc1ccc(Br)cc1CC(C)(C)C. The molecule has 0 amide bonds. The Morgan fingerprint density at radius 1 is 0.824 bits per heavy atom. The first-order valence-electron chi connectivity index (χ1n) is 6.34. The van der Waals surface area contributed by atoms with Gasteiger partial charge in [0.25, 0.3) is 0 Å². The van der Waals surface area contributed by atoms with Crippen LogP contribution in [-0.4, -0.2) is 0 Å². The Balaban J connectivity index is 3.04. The highest BCUT2D eigenvalue weighted by atomic mass is 79.9. The molecule has 96 valence electrons. The smallest absolute Gasteiger partial charge is 0.0178 e. The largest absolute Gasteiger partial charge is 0.0599 e. The molecule has 0 aliphatic heterocycles. The molecule has 0 heterocycles. The van der Waals surface area contributed by atoms with Crippen LogP contribution in [0.4, 0.5) is 0 Å². The Morgan fingerprint density at radius 3 is 1.76 bits per heavy atom. The van der Waals surface area contributed by atoms with Crippen LogP contribution in [0.15, 0.2) is 22.7 Å². The minimum Gasteiger partial charge on any atom is -0.0599 e. The van der Waals surface area contributed by atoms with Crippen molar-refractivity contribution in [2.45, 2.75) is 54.4 Å². The maximum atomic E-state index is 3.58. The van der Waals surface area contributed by atoms with Crippen LogP contribution < -0.4 is 0 Å². The fraction of sp³-hybridized carbons (Fsp3) is 0.625. The molecule has 0 nitrogen and oxygen atoms in total. The van der Waals surface area contributed by atoms with Gasteiger partial charge in [-0.05, 0) is 46.9 Å². The molecule has 0 fully saturated rings. The van der Waals surface area contributed by atoms with Gasteiger partial charge in [0.15, 0.2) is 0 Å². The van der Waals surface area contributed by atoms with E-state index >= 15 is 0 Å². The lowest BCUT2D eigenvalue weighted by Crippen LogP contribution is -2.15. The summed E-state index contributed by atoms with van der Waals surface area (Å²) in [6.45, 7) is 13.8. The standard InChI is InChI=1S/C16H25Br/c1-15(2,3)10-12-7-8-14(17)9-13(12)11-16(4,5)6/h7-9H,10-11H2,1-6H3. The number of rotatable bonds is 2. The molecule has 0 bridgehead atoms. The van der Waals surface area contributed by atoms with Gasteiger partial charge >= 0.3 is 0 Å². The maximum Gasteiger partial charge on any atom is 0.0178 e. The Labute approximate surface area is 115 Å². The first-order valence-corrected chi connectivity index (χ1v) is 7.13. The molecule has 0 aliphatic rings. The highest BCUT2D eigenvalue weighted by Gasteiger charge is 2.18. The Hall–Kier alpha value is -0.300. The third kappa shape index (κ3) is 5.72. The molecule has 0 atom stereocenters. The topological polar surface area (TPSA) is 0 Å². The summed E-state index contributed by atoms with van der Waals surface area (Å²) >= 11 is 3.58. The van der Waals surface area contributed by atoms with Crippen molar-refractivity contribution in [1.82, 2.24) is 0 Å². The predicted molar refractivity (Wildman–Crippen MR) is 80.5 cm³/mol. The van der Waals surface area contributed by atoms with E-state index in [4.69, 9.17) is 0 Å². The van der Waals surface area contributed by atoms with Gasteiger partial charge < -0.3 is 0 Å². The van der Waals surface area contributed by atoms with Gasteiger partial charge in [-0.3, -0.25) is 0 Å². The molecule has 0 saturated carbocycles. The van der Waals surface area contributed by atoms with E-state index in [1.54, 1.807) is 0 Å². The van der Waals surface area contributed by atoms with E-state index in [0.717, 1.165) is 12.8 Å². The Morgan fingerprint density at radius 2 is 1.29 bits per heavy atom. The molecule has 1 rings (SSSR count). The first-order chi connectivity index (χ1) is 7.57. The van der Waals surface area contributed by atoms with Gasteiger partial charge in [0.2, 0.25) is 0 Å². The lowest BCUT2D eigenvalue weighted by Gasteiger charge is -2.24. The van der Waals surface area contributed by atoms with Crippen LogP contribution in [0.25, 0.3) is 0 Å². The van der Waals surface area contributed by atoms with E-state index < -0.39 is 0 Å². The van der Waals surface area contributed by atoms with Gasteiger partial charge in [-0.1, -0.05) is 63.5 Å². The molecule has 0 aromatic heterocycles. The van der Waals surface area contributed by atoms with Gasteiger partial charge in [0.05, 0.1) is 0 Å². The van der Waals surface area contributed by atoms with Crippen LogP contribution in [-0.2, 0) is 12.8 Å². The maximum absolute atomic E-state index is 3.58. The summed E-state index contributed by atoms with van der Waals surface area (Å²) in [5.41, 5.74) is 3.67. The third-order valence-electron chi connectivity index (χ3n) is 2.61. The summed E-state index contributed by atoms with van der Waals surface area (Å²) in [5, 5.41) is 0. The van der Waals surface area contributed by atoms with Gasteiger partial charge in [-0.2, -0.15) is 0 Å². The Bertz CT molecular complexity index is 377. The van der Waals surface area contributed by atoms with Gasteiger partial charge in [-0.15, -0.1) is 0 Å². The van der Waals surface area contributed by atoms with E-state index in [2.05, 4.69) is 75.7 Å². The zero-order chi connectivity index (χ0) is 13.3. The normalized spacial score (nSPS) is 12.9. The first kappa shape index (κ1) is 14.8. The van der Waals surface area contributed by atoms with Crippen molar-refractivity contribution >= 4 is 15.9 Å². The molecular formula is C16H25Br. The number of hydrogen-bond donors (Lipinski definition) is 0. The van der Waals surface area contributed by atoms with E-state index in [-0.39, 0.29) is 0 Å². The summed E-state index contributed by atoms with van der Waals surface area (Å²) in [7, 11) is 0. The average molecular weight is 297 g/mol. The van der Waals surface area contributed by atoms with E-state index in [9.17, 15) is 0 Å². The second-order valence-electron chi connectivity index (χ2n) is 7.39. The van der Waals surface area contributed by atoms with E-state index in [1.807, 2.05) is 0 Å². The molecular weight excluding hydrogens is 272 g/mol. The van der Waals surface area contributed by atoms with Crippen LogP contribution >= 0.6 is 15.9 Å². The average Bonchev–Trinajstić information content (AvgIpc) is 2.05. The summed E-state index contributed by atoms with van der Waals surface area (Å²) in [4.78, 5) is 0. The summed E-state index contributed by atoms with van der Waals surface area (Å²) in [5.74, 6) is 0. The van der Waals surface area contributed by atoms with E-state index in [0.29, 0.717) is 10.8 Å². The predicted octanol–water partition coefficient (Wildman–Crippen LogP) is 5.63. The Kier molecular flexibility index (Phi) is 4.46. The van der Waals surface area contributed by atoms with Crippen LogP contribution in [0.1, 0.15) is 52.7 Å². The van der Waals surface area contributed by atoms with Gasteiger partial charge in [0.1, 0.15) is 0 Å². The summed E-state index contributed by atoms with van der Waals surface area (Å²) in [6, 6.07) is 6.72. The zero-order valence-electron chi connectivity index (χ0n) is 12.0. The third-order valence-corrected chi connectivity index (χ3v) is 3.10. The number of hydrogen-bond acceptors (Lipinski definition) is 0. The van der Waals surface area contributed by atoms with Crippen molar-refractivity contribution in [3.8, 4) is 0 Å². The molecule has 0 unspecified atom stereocenters. The second-order valence-corrected chi connectivity index (χ2v) is 8.30. The van der Waals surface area contributed by atoms with Crippen molar-refractivity contribution in [3.63, 3.8) is 0 Å². The van der Waals surface area contributed by atoms with Crippen LogP contribution in [0, 0.1) is 10.8 Å². The zero-order valence-corrected chi connectivity index (χ0v) is 13.6. The highest BCUT2D eigenvalue weighted by Crippen LogP contribution is 2.29. The van der Waals surface area contributed by atoms with E-state index in [1.165, 1.54) is 15.6 Å². The van der Waals surface area contributed by atoms with Crippen molar-refractivity contribution in [1.29, 1.82) is 0 Å². The van der Waals surface area contributed by atoms with Gasteiger partial charge in [0, 0.05) is 4.47 Å². The molecule has 1 heteroatoms. The minimum absolute atomic E-state index is 0.341. The quantitative estimate of drug-likeness (QED) is 0.664. The molecule has 0 radical (unpaired) electrons. The summed E-state index contributed by atoms with van der Waals surface area (Å²) < 4.78 is 1.19. The molecule has 0 aliphatic carbocycles. The van der Waals surface area contributed by atoms with Crippen molar-refractivity contribution < 1.29 is 0 Å². The highest BCUT2D eigenvalue weighted by molar-refractivity contribution is 9.10. The van der Waals surface area contributed by atoms with Crippen LogP contribution in [0.3, 0.4) is 0 Å². The minimum atomic E-state index is 0.341. The lowest BCUT2D eigenvalue weighted by atomic mass is 9.81. The number of benzene rings is 1. The fourth-order valence-electron chi connectivity index (χ4n) is 2.07. The van der Waals surface area contributed by atoms with Crippen molar-refractivity contribution in [2.75, 3.05) is 0 Å². The molecule has 0 spiro atoms. The molecule has 17 heavy (non-hydrogen) atoms. The van der Waals surface area contributed by atoms with Crippen LogP contribution in [0.2, 0.25) is 0 Å². The molecule has 0 N–H and O–H groups in total. The number of halogens is 1. The van der Waals surface area contributed by atoms with Crippen LogP contribution in [0.5, 0.6) is 0 Å². The van der Waals surface area contributed by atoms with Gasteiger partial charge in [-0.25, -0.2) is 0 Å². The molecule has 0 saturated heterocycles. The summed E-state index contributed by atoms with van der Waals surface area (Å²) in [6.07, 6.45) is 2.28. The van der Waals surface area contributed by atoms with Crippen molar-refractivity contribution in [3.05, 3.63) is 33.8 Å².